The first-order valence-corrected chi connectivity index (χ1v) is 10.0. The van der Waals surface area contributed by atoms with Crippen LogP contribution in [-0.4, -0.2) is 31.4 Å². The van der Waals surface area contributed by atoms with Crippen LogP contribution >= 0.6 is 46.6 Å². The average Bonchev–Trinajstić information content (AvgIpc) is 3.06. The fourth-order valence-corrected chi connectivity index (χ4v) is 4.05. The molecule has 1 aromatic carbocycles. The lowest BCUT2D eigenvalue weighted by Crippen LogP contribution is -2.15. The number of benzene rings is 1. The summed E-state index contributed by atoms with van der Waals surface area (Å²) >= 11 is 19.3. The van der Waals surface area contributed by atoms with E-state index in [9.17, 15) is 4.79 Å². The number of amides is 1. The van der Waals surface area contributed by atoms with Crippen molar-refractivity contribution in [1.29, 1.82) is 0 Å². The minimum Gasteiger partial charge on any atom is -0.323 e. The maximum Gasteiger partial charge on any atom is 0.234 e. The van der Waals surface area contributed by atoms with Crippen molar-refractivity contribution in [2.75, 3.05) is 11.1 Å². The highest BCUT2D eigenvalue weighted by atomic mass is 35.5. The van der Waals surface area contributed by atoms with Gasteiger partial charge in [-0.15, -0.1) is 10.2 Å². The third-order valence-electron chi connectivity index (χ3n) is 3.53. The number of hydrogen-bond acceptors (Lipinski definition) is 5. The van der Waals surface area contributed by atoms with E-state index in [1.54, 1.807) is 6.20 Å². The normalized spacial score (nSPS) is 10.8. The van der Waals surface area contributed by atoms with Crippen molar-refractivity contribution in [3.8, 4) is 11.5 Å². The van der Waals surface area contributed by atoms with Crippen LogP contribution in [0.4, 0.5) is 5.69 Å². The summed E-state index contributed by atoms with van der Waals surface area (Å²) in [6.07, 6.45) is 1.70. The van der Waals surface area contributed by atoms with Crippen molar-refractivity contribution < 1.29 is 4.79 Å². The number of nitrogens with one attached hydrogen (secondary N) is 1. The Hall–Kier alpha value is -1.80. The number of rotatable bonds is 6. The second-order valence-electron chi connectivity index (χ2n) is 5.35. The third kappa shape index (κ3) is 4.73. The first-order valence-electron chi connectivity index (χ1n) is 7.91. The molecule has 6 nitrogen and oxygen atoms in total. The second-order valence-corrected chi connectivity index (χ2v) is 7.54. The predicted molar refractivity (Wildman–Crippen MR) is 110 cm³/mol. The van der Waals surface area contributed by atoms with Crippen LogP contribution in [0, 0.1) is 0 Å². The maximum atomic E-state index is 12.3. The van der Waals surface area contributed by atoms with Crippen molar-refractivity contribution >= 4 is 58.2 Å². The zero-order valence-corrected chi connectivity index (χ0v) is 17.2. The van der Waals surface area contributed by atoms with Gasteiger partial charge in [0.25, 0.3) is 0 Å². The van der Waals surface area contributed by atoms with E-state index in [2.05, 4.69) is 20.5 Å². The molecule has 0 saturated heterocycles. The van der Waals surface area contributed by atoms with Gasteiger partial charge in [0, 0.05) is 17.8 Å². The Balaban J connectivity index is 1.70. The Bertz CT molecular complexity index is 941. The SMILES string of the molecule is CCn1c(SCC(=O)Nc2c(Cl)cc(Cl)cc2Cl)nnc1-c1ccccn1. The fourth-order valence-electron chi connectivity index (χ4n) is 2.33. The largest absolute Gasteiger partial charge is 0.323 e. The molecule has 3 rings (SSSR count). The van der Waals surface area contributed by atoms with Crippen LogP contribution in [0.2, 0.25) is 15.1 Å². The molecule has 0 unspecified atom stereocenters. The van der Waals surface area contributed by atoms with E-state index < -0.39 is 0 Å². The van der Waals surface area contributed by atoms with Gasteiger partial charge in [0.05, 0.1) is 21.5 Å². The lowest BCUT2D eigenvalue weighted by atomic mass is 10.3. The Morgan fingerprint density at radius 3 is 2.56 bits per heavy atom. The highest BCUT2D eigenvalue weighted by Crippen LogP contribution is 2.34. The van der Waals surface area contributed by atoms with Crippen LogP contribution in [0.1, 0.15) is 6.92 Å². The molecule has 0 radical (unpaired) electrons. The zero-order chi connectivity index (χ0) is 19.4. The molecule has 2 aromatic heterocycles. The Kier molecular flexibility index (Phi) is 6.59. The third-order valence-corrected chi connectivity index (χ3v) is 5.31. The Morgan fingerprint density at radius 2 is 1.93 bits per heavy atom. The molecule has 1 N–H and O–H groups in total. The smallest absolute Gasteiger partial charge is 0.234 e. The van der Waals surface area contributed by atoms with Crippen molar-refractivity contribution in [2.24, 2.45) is 0 Å². The van der Waals surface area contributed by atoms with Gasteiger partial charge in [-0.05, 0) is 31.2 Å². The van der Waals surface area contributed by atoms with Crippen LogP contribution in [0.15, 0.2) is 41.7 Å². The van der Waals surface area contributed by atoms with Crippen LogP contribution < -0.4 is 5.32 Å². The number of halogens is 3. The van der Waals surface area contributed by atoms with Gasteiger partial charge >= 0.3 is 0 Å². The molecule has 140 valence electrons. The number of nitrogens with zero attached hydrogens (tertiary/aromatic N) is 4. The number of carbonyl (C=O) groups excluding carboxylic acids is 1. The molecule has 0 saturated carbocycles. The number of thioether (sulfide) groups is 1. The molecule has 0 aliphatic heterocycles. The summed E-state index contributed by atoms with van der Waals surface area (Å²) in [7, 11) is 0. The summed E-state index contributed by atoms with van der Waals surface area (Å²) < 4.78 is 1.91. The van der Waals surface area contributed by atoms with Crippen molar-refractivity contribution in [3.63, 3.8) is 0 Å². The molecule has 1 amide bonds. The van der Waals surface area contributed by atoms with Crippen LogP contribution in [0.25, 0.3) is 11.5 Å². The second kappa shape index (κ2) is 8.93. The lowest BCUT2D eigenvalue weighted by Gasteiger charge is -2.10. The van der Waals surface area contributed by atoms with E-state index in [-0.39, 0.29) is 21.7 Å². The fraction of sp³-hybridized carbons (Fsp3) is 0.176. The standard InChI is InChI=1S/C17H14Cl3N5OS/c1-2-25-16(13-5-3-4-6-21-13)23-24-17(25)27-9-14(26)22-15-11(19)7-10(18)8-12(15)20/h3-8H,2,9H2,1H3,(H,22,26). The topological polar surface area (TPSA) is 72.7 Å². The van der Waals surface area contributed by atoms with E-state index in [1.165, 1.54) is 23.9 Å². The number of anilines is 1. The van der Waals surface area contributed by atoms with Crippen molar-refractivity contribution in [3.05, 3.63) is 51.6 Å². The number of carbonyl (C=O) groups is 1. The van der Waals surface area contributed by atoms with Gasteiger partial charge in [0.15, 0.2) is 11.0 Å². The molecule has 0 aliphatic rings. The molecule has 2 heterocycles. The summed E-state index contributed by atoms with van der Waals surface area (Å²) in [5.74, 6) is 0.510. The van der Waals surface area contributed by atoms with Crippen molar-refractivity contribution in [2.45, 2.75) is 18.6 Å². The highest BCUT2D eigenvalue weighted by Gasteiger charge is 2.16. The minimum atomic E-state index is -0.267. The molecular weight excluding hydrogens is 429 g/mol. The van der Waals surface area contributed by atoms with Gasteiger partial charge in [-0.25, -0.2) is 0 Å². The molecule has 0 bridgehead atoms. The monoisotopic (exact) mass is 441 g/mol. The van der Waals surface area contributed by atoms with Crippen LogP contribution in [0.3, 0.4) is 0 Å². The van der Waals surface area contributed by atoms with Crippen LogP contribution in [0.5, 0.6) is 0 Å². The summed E-state index contributed by atoms with van der Waals surface area (Å²) in [5, 5.41) is 12.7. The number of aromatic nitrogens is 4. The van der Waals surface area contributed by atoms with Gasteiger partial charge in [-0.2, -0.15) is 0 Å². The quantitative estimate of drug-likeness (QED) is 0.541. The Morgan fingerprint density at radius 1 is 1.19 bits per heavy atom. The number of pyridine rings is 1. The van der Waals surface area contributed by atoms with Gasteiger partial charge < -0.3 is 9.88 Å². The molecule has 27 heavy (non-hydrogen) atoms. The van der Waals surface area contributed by atoms with E-state index in [4.69, 9.17) is 34.8 Å². The van der Waals surface area contributed by atoms with Crippen molar-refractivity contribution in [1.82, 2.24) is 19.7 Å². The first-order chi connectivity index (χ1) is 13.0. The molecular formula is C17H14Cl3N5OS. The average molecular weight is 443 g/mol. The molecule has 10 heteroatoms. The highest BCUT2D eigenvalue weighted by molar-refractivity contribution is 7.99. The molecule has 0 fully saturated rings. The molecule has 0 atom stereocenters. The van der Waals surface area contributed by atoms with Crippen LogP contribution in [-0.2, 0) is 11.3 Å². The minimum absolute atomic E-state index is 0.121. The molecule has 0 aliphatic carbocycles. The summed E-state index contributed by atoms with van der Waals surface area (Å²) in [6.45, 7) is 2.63. The van der Waals surface area contributed by atoms with Gasteiger partial charge in [-0.3, -0.25) is 9.78 Å². The van der Waals surface area contributed by atoms with E-state index >= 15 is 0 Å². The summed E-state index contributed by atoms with van der Waals surface area (Å²) in [4.78, 5) is 16.6. The maximum absolute atomic E-state index is 12.3. The predicted octanol–water partition coefficient (Wildman–Crippen LogP) is 5.05. The van der Waals surface area contributed by atoms with E-state index in [1.807, 2.05) is 29.7 Å². The van der Waals surface area contributed by atoms with Gasteiger partial charge in [0.1, 0.15) is 5.69 Å². The summed E-state index contributed by atoms with van der Waals surface area (Å²) in [5.41, 5.74) is 1.06. The van der Waals surface area contributed by atoms with Gasteiger partial charge in [-0.1, -0.05) is 52.6 Å². The Labute approximate surface area is 175 Å². The zero-order valence-electron chi connectivity index (χ0n) is 14.1. The number of hydrogen-bond donors (Lipinski definition) is 1. The first kappa shape index (κ1) is 19.9. The van der Waals surface area contributed by atoms with E-state index in [0.29, 0.717) is 28.2 Å². The van der Waals surface area contributed by atoms with E-state index in [0.717, 1.165) is 5.69 Å². The molecule has 0 spiro atoms. The summed E-state index contributed by atoms with van der Waals surface area (Å²) in [6, 6.07) is 8.62. The lowest BCUT2D eigenvalue weighted by molar-refractivity contribution is -0.113. The van der Waals surface area contributed by atoms with Gasteiger partial charge in [0.2, 0.25) is 5.91 Å². The molecule has 3 aromatic rings.